The summed E-state index contributed by atoms with van der Waals surface area (Å²) in [6.07, 6.45) is 1.87. The average molecular weight is 566 g/mol. The number of hydrogen-bond donors (Lipinski definition) is 2. The van der Waals surface area contributed by atoms with Gasteiger partial charge in [0.2, 0.25) is 0 Å². The lowest BCUT2D eigenvalue weighted by Crippen LogP contribution is -2.29. The highest BCUT2D eigenvalue weighted by Gasteiger charge is 2.46. The third-order valence-electron chi connectivity index (χ3n) is 6.20. The molecule has 3 aromatic carbocycles. The summed E-state index contributed by atoms with van der Waals surface area (Å²) in [5.74, 6) is -1.21. The third kappa shape index (κ3) is 5.49. The number of amides is 1. The number of rotatable bonds is 9. The van der Waals surface area contributed by atoms with Gasteiger partial charge in [-0.05, 0) is 57.7 Å². The molecule has 0 spiro atoms. The number of methoxy groups -OCH3 is 1. The van der Waals surface area contributed by atoms with Gasteiger partial charge >= 0.3 is 0 Å². The van der Waals surface area contributed by atoms with E-state index in [1.54, 1.807) is 36.4 Å². The Balaban J connectivity index is 1.85. The van der Waals surface area contributed by atoms with Crippen molar-refractivity contribution in [1.29, 1.82) is 0 Å². The quantitative estimate of drug-likeness (QED) is 0.144. The van der Waals surface area contributed by atoms with Crippen LogP contribution in [0.15, 0.2) is 76.8 Å². The van der Waals surface area contributed by atoms with E-state index < -0.39 is 17.7 Å². The van der Waals surface area contributed by atoms with Gasteiger partial charge in [0, 0.05) is 12.1 Å². The molecule has 0 bridgehead atoms. The molecular formula is C29H28BrNO6. The Labute approximate surface area is 224 Å². The number of halogens is 1. The number of benzene rings is 3. The number of phenolic OH excluding ortho intramolecular Hbond substituents is 1. The molecule has 1 saturated heterocycles. The third-order valence-corrected chi connectivity index (χ3v) is 6.80. The lowest BCUT2D eigenvalue weighted by molar-refractivity contribution is -0.140. The molecular weight excluding hydrogens is 538 g/mol. The smallest absolute Gasteiger partial charge is 0.295 e. The zero-order chi connectivity index (χ0) is 26.5. The van der Waals surface area contributed by atoms with Crippen LogP contribution >= 0.6 is 15.9 Å². The van der Waals surface area contributed by atoms with Crippen molar-refractivity contribution < 1.29 is 29.3 Å². The molecule has 0 aromatic heterocycles. The van der Waals surface area contributed by atoms with E-state index in [0.29, 0.717) is 28.0 Å². The van der Waals surface area contributed by atoms with Crippen molar-refractivity contribution in [3.63, 3.8) is 0 Å². The summed E-state index contributed by atoms with van der Waals surface area (Å²) in [5, 5.41) is 21.8. The Bertz CT molecular complexity index is 1340. The molecule has 37 heavy (non-hydrogen) atoms. The summed E-state index contributed by atoms with van der Waals surface area (Å²) in [6, 6.07) is 18.4. The van der Waals surface area contributed by atoms with E-state index in [0.717, 1.165) is 18.4 Å². The van der Waals surface area contributed by atoms with Gasteiger partial charge in [-0.25, -0.2) is 0 Å². The number of Topliss-reactive ketones (excluding diaryl/α,β-unsaturated/α-hetero) is 1. The van der Waals surface area contributed by atoms with Crippen LogP contribution in [-0.4, -0.2) is 40.5 Å². The molecule has 2 N–H and O–H groups in total. The fourth-order valence-corrected chi connectivity index (χ4v) is 4.76. The van der Waals surface area contributed by atoms with Crippen LogP contribution in [-0.2, 0) is 16.1 Å². The van der Waals surface area contributed by atoms with Crippen LogP contribution in [0, 0.1) is 0 Å². The fourth-order valence-electron chi connectivity index (χ4n) is 4.30. The predicted octanol–water partition coefficient (Wildman–Crippen LogP) is 5.96. The number of ether oxygens (including phenoxy) is 2. The van der Waals surface area contributed by atoms with Gasteiger partial charge in [0.1, 0.15) is 11.5 Å². The second-order valence-corrected chi connectivity index (χ2v) is 9.55. The second kappa shape index (κ2) is 11.5. The standard InChI is InChI=1S/C29H28BrNO6/c1-3-4-13-37-21-12-8-11-19(14-21)26(32)24-25(20-15-22(30)27(33)23(16-20)36-2)31(29(35)28(24)34)17-18-9-6-5-7-10-18/h5-12,14-16,25,32-33H,3-4,13,17H2,1-2H3/b26-24+. The second-order valence-electron chi connectivity index (χ2n) is 8.70. The molecule has 1 unspecified atom stereocenters. The van der Waals surface area contributed by atoms with Gasteiger partial charge in [0.25, 0.3) is 11.7 Å². The lowest BCUT2D eigenvalue weighted by atomic mass is 9.94. The molecule has 1 atom stereocenters. The van der Waals surface area contributed by atoms with Gasteiger partial charge in [0.05, 0.1) is 29.8 Å². The van der Waals surface area contributed by atoms with E-state index in [1.165, 1.54) is 12.0 Å². The summed E-state index contributed by atoms with van der Waals surface area (Å²) in [7, 11) is 1.41. The van der Waals surface area contributed by atoms with Crippen molar-refractivity contribution >= 4 is 33.4 Å². The minimum atomic E-state index is -0.921. The Morgan fingerprint density at radius 2 is 1.81 bits per heavy atom. The van der Waals surface area contributed by atoms with Crippen LogP contribution in [0.25, 0.3) is 5.76 Å². The molecule has 192 valence electrons. The zero-order valence-corrected chi connectivity index (χ0v) is 22.2. The van der Waals surface area contributed by atoms with E-state index in [1.807, 2.05) is 30.3 Å². The monoisotopic (exact) mass is 565 g/mol. The summed E-state index contributed by atoms with van der Waals surface area (Å²) in [5.41, 5.74) is 1.63. The molecule has 1 heterocycles. The van der Waals surface area contributed by atoms with E-state index in [2.05, 4.69) is 22.9 Å². The summed E-state index contributed by atoms with van der Waals surface area (Å²) in [6.45, 7) is 2.74. The van der Waals surface area contributed by atoms with Crippen LogP contribution in [0.2, 0.25) is 0 Å². The topological polar surface area (TPSA) is 96.3 Å². The number of aromatic hydroxyl groups is 1. The van der Waals surface area contributed by atoms with E-state index in [9.17, 15) is 19.8 Å². The fraction of sp³-hybridized carbons (Fsp3) is 0.241. The first-order valence-corrected chi connectivity index (χ1v) is 12.8. The van der Waals surface area contributed by atoms with E-state index in [4.69, 9.17) is 9.47 Å². The minimum Gasteiger partial charge on any atom is -0.507 e. The molecule has 0 radical (unpaired) electrons. The largest absolute Gasteiger partial charge is 0.507 e. The SMILES string of the molecule is CCCCOc1cccc(/C(O)=C2\C(=O)C(=O)N(Cc3ccccc3)C2c2cc(Br)c(O)c(OC)c2)c1. The van der Waals surface area contributed by atoms with Gasteiger partial charge in [0.15, 0.2) is 11.5 Å². The highest BCUT2D eigenvalue weighted by molar-refractivity contribution is 9.10. The molecule has 1 amide bonds. The number of aliphatic hydroxyl groups is 1. The highest BCUT2D eigenvalue weighted by Crippen LogP contribution is 2.45. The highest BCUT2D eigenvalue weighted by atomic mass is 79.9. The minimum absolute atomic E-state index is 0.0497. The Morgan fingerprint density at radius 1 is 1.05 bits per heavy atom. The van der Waals surface area contributed by atoms with Crippen LogP contribution in [0.1, 0.15) is 42.5 Å². The number of phenols is 1. The number of nitrogens with zero attached hydrogens (tertiary/aromatic N) is 1. The number of carbonyl (C=O) groups excluding carboxylic acids is 2. The summed E-state index contributed by atoms with van der Waals surface area (Å²) < 4.78 is 11.4. The Kier molecular flexibility index (Phi) is 8.18. The van der Waals surface area contributed by atoms with Gasteiger partial charge in [-0.15, -0.1) is 0 Å². The Morgan fingerprint density at radius 3 is 2.51 bits per heavy atom. The van der Waals surface area contributed by atoms with Gasteiger partial charge < -0.3 is 24.6 Å². The number of likely N-dealkylation sites (tertiary alicyclic amines) is 1. The number of hydrogen-bond acceptors (Lipinski definition) is 6. The number of aliphatic hydroxyl groups excluding tert-OH is 1. The van der Waals surface area contributed by atoms with Crippen LogP contribution in [0.3, 0.4) is 0 Å². The lowest BCUT2D eigenvalue weighted by Gasteiger charge is -2.26. The first kappa shape index (κ1) is 26.3. The molecule has 3 aromatic rings. The first-order chi connectivity index (χ1) is 17.8. The molecule has 1 aliphatic rings. The van der Waals surface area contributed by atoms with Crippen molar-refractivity contribution in [1.82, 2.24) is 4.90 Å². The molecule has 8 heteroatoms. The molecule has 1 fully saturated rings. The predicted molar refractivity (Wildman–Crippen MR) is 143 cm³/mol. The molecule has 7 nitrogen and oxygen atoms in total. The maximum atomic E-state index is 13.4. The molecule has 0 aliphatic carbocycles. The van der Waals surface area contributed by atoms with Gasteiger partial charge in [-0.1, -0.05) is 55.8 Å². The van der Waals surface area contributed by atoms with Crippen LogP contribution in [0.4, 0.5) is 0 Å². The van der Waals surface area contributed by atoms with E-state index >= 15 is 0 Å². The molecule has 0 saturated carbocycles. The number of carbonyl (C=O) groups is 2. The van der Waals surface area contributed by atoms with Crippen LogP contribution < -0.4 is 9.47 Å². The van der Waals surface area contributed by atoms with Crippen LogP contribution in [0.5, 0.6) is 17.2 Å². The zero-order valence-electron chi connectivity index (χ0n) is 20.6. The van der Waals surface area contributed by atoms with Crippen molar-refractivity contribution in [3.05, 3.63) is 93.5 Å². The number of unbranched alkanes of at least 4 members (excludes halogenated alkanes) is 1. The normalized spacial score (nSPS) is 16.7. The molecule has 1 aliphatic heterocycles. The first-order valence-electron chi connectivity index (χ1n) is 12.0. The van der Waals surface area contributed by atoms with Crippen molar-refractivity contribution in [2.24, 2.45) is 0 Å². The van der Waals surface area contributed by atoms with Crippen molar-refractivity contribution in [2.45, 2.75) is 32.4 Å². The van der Waals surface area contributed by atoms with Crippen molar-refractivity contribution in [3.8, 4) is 17.2 Å². The maximum absolute atomic E-state index is 13.4. The number of ketones is 1. The summed E-state index contributed by atoms with van der Waals surface area (Å²) >= 11 is 3.33. The van der Waals surface area contributed by atoms with Gasteiger partial charge in [-0.2, -0.15) is 0 Å². The van der Waals surface area contributed by atoms with Gasteiger partial charge in [-0.3, -0.25) is 9.59 Å². The average Bonchev–Trinajstić information content (AvgIpc) is 3.15. The molecule has 4 rings (SSSR count). The summed E-state index contributed by atoms with van der Waals surface area (Å²) in [4.78, 5) is 28.1. The maximum Gasteiger partial charge on any atom is 0.295 e. The van der Waals surface area contributed by atoms with Crippen molar-refractivity contribution in [2.75, 3.05) is 13.7 Å². The van der Waals surface area contributed by atoms with E-state index in [-0.39, 0.29) is 29.4 Å². The Hall–Kier alpha value is -3.78.